The standard InChI is InChI=1S/C20H22F2N4O2/c1-13(27)24-17-12-18(16(22)11-15(17)21)25-20(28)26-10-4-2-3-5-19(26)14-6-8-23-9-7-14/h6-9,11-12,19H,2-5,10H2,1H3,(H,24,27)(H,25,28). The highest BCUT2D eigenvalue weighted by Crippen LogP contribution is 2.31. The fourth-order valence-corrected chi connectivity index (χ4v) is 3.40. The third-order valence-corrected chi connectivity index (χ3v) is 4.71. The van der Waals surface area contributed by atoms with E-state index in [1.54, 1.807) is 17.3 Å². The molecule has 1 fully saturated rings. The number of amides is 3. The van der Waals surface area contributed by atoms with Gasteiger partial charge < -0.3 is 15.5 Å². The average molecular weight is 388 g/mol. The van der Waals surface area contributed by atoms with E-state index in [4.69, 9.17) is 0 Å². The summed E-state index contributed by atoms with van der Waals surface area (Å²) in [5.74, 6) is -2.31. The monoisotopic (exact) mass is 388 g/mol. The summed E-state index contributed by atoms with van der Waals surface area (Å²) in [6.07, 6.45) is 6.97. The van der Waals surface area contributed by atoms with Gasteiger partial charge in [0.15, 0.2) is 0 Å². The molecule has 0 saturated carbocycles. The van der Waals surface area contributed by atoms with Gasteiger partial charge in [-0.1, -0.05) is 12.8 Å². The predicted octanol–water partition coefficient (Wildman–Crippen LogP) is 4.47. The maximum Gasteiger partial charge on any atom is 0.322 e. The first-order valence-electron chi connectivity index (χ1n) is 9.20. The molecule has 1 unspecified atom stereocenters. The first-order chi connectivity index (χ1) is 13.5. The molecule has 2 N–H and O–H groups in total. The molecule has 1 aromatic carbocycles. The van der Waals surface area contributed by atoms with Crippen LogP contribution in [-0.2, 0) is 4.79 Å². The Kier molecular flexibility index (Phi) is 6.18. The van der Waals surface area contributed by atoms with Crippen LogP contribution in [0.2, 0.25) is 0 Å². The number of anilines is 2. The van der Waals surface area contributed by atoms with E-state index in [0.29, 0.717) is 12.6 Å². The number of carbonyl (C=O) groups excluding carboxylic acids is 2. The highest BCUT2D eigenvalue weighted by atomic mass is 19.1. The van der Waals surface area contributed by atoms with Crippen LogP contribution in [-0.4, -0.2) is 28.4 Å². The highest BCUT2D eigenvalue weighted by Gasteiger charge is 2.27. The summed E-state index contributed by atoms with van der Waals surface area (Å²) in [6.45, 7) is 1.75. The molecule has 1 aliphatic heterocycles. The van der Waals surface area contributed by atoms with Crippen LogP contribution in [0.1, 0.15) is 44.2 Å². The lowest BCUT2D eigenvalue weighted by Crippen LogP contribution is -2.38. The molecule has 1 atom stereocenters. The summed E-state index contributed by atoms with van der Waals surface area (Å²) in [5.41, 5.74) is 0.587. The highest BCUT2D eigenvalue weighted by molar-refractivity contribution is 5.93. The van der Waals surface area contributed by atoms with Gasteiger partial charge in [0.1, 0.15) is 11.6 Å². The van der Waals surface area contributed by atoms with Crippen molar-refractivity contribution < 1.29 is 18.4 Å². The number of pyridine rings is 1. The Bertz CT molecular complexity index is 861. The summed E-state index contributed by atoms with van der Waals surface area (Å²) in [6, 6.07) is 4.84. The normalized spacial score (nSPS) is 17.0. The molecule has 1 aromatic heterocycles. The molecule has 1 saturated heterocycles. The van der Waals surface area contributed by atoms with Crippen LogP contribution in [0.4, 0.5) is 25.0 Å². The van der Waals surface area contributed by atoms with Crippen molar-refractivity contribution in [3.63, 3.8) is 0 Å². The second-order valence-corrected chi connectivity index (χ2v) is 6.76. The number of hydrogen-bond donors (Lipinski definition) is 2. The van der Waals surface area contributed by atoms with E-state index >= 15 is 0 Å². The van der Waals surface area contributed by atoms with Crippen molar-refractivity contribution in [1.82, 2.24) is 9.88 Å². The summed E-state index contributed by atoms with van der Waals surface area (Å²) >= 11 is 0. The SMILES string of the molecule is CC(=O)Nc1cc(NC(=O)N2CCCCCC2c2ccncc2)c(F)cc1F. The summed E-state index contributed by atoms with van der Waals surface area (Å²) in [4.78, 5) is 29.8. The van der Waals surface area contributed by atoms with Crippen molar-refractivity contribution in [1.29, 1.82) is 0 Å². The van der Waals surface area contributed by atoms with Crippen LogP contribution in [0, 0.1) is 11.6 Å². The maximum atomic E-state index is 14.2. The Morgan fingerprint density at radius 3 is 2.39 bits per heavy atom. The molecule has 6 nitrogen and oxygen atoms in total. The van der Waals surface area contributed by atoms with Crippen LogP contribution in [0.25, 0.3) is 0 Å². The largest absolute Gasteiger partial charge is 0.324 e. The summed E-state index contributed by atoms with van der Waals surface area (Å²) in [7, 11) is 0. The van der Waals surface area contributed by atoms with Crippen molar-refractivity contribution in [2.75, 3.05) is 17.2 Å². The van der Waals surface area contributed by atoms with Crippen LogP contribution in [0.5, 0.6) is 0 Å². The summed E-state index contributed by atoms with van der Waals surface area (Å²) < 4.78 is 28.0. The van der Waals surface area contributed by atoms with Gasteiger partial charge in [0, 0.05) is 31.9 Å². The van der Waals surface area contributed by atoms with Gasteiger partial charge in [0.25, 0.3) is 0 Å². The van der Waals surface area contributed by atoms with Crippen molar-refractivity contribution in [3.05, 3.63) is 53.9 Å². The number of nitrogens with zero attached hydrogens (tertiary/aromatic N) is 2. The van der Waals surface area contributed by atoms with Gasteiger partial charge in [-0.25, -0.2) is 13.6 Å². The number of carbonyl (C=O) groups is 2. The molecule has 8 heteroatoms. The van der Waals surface area contributed by atoms with E-state index in [1.165, 1.54) is 6.92 Å². The topological polar surface area (TPSA) is 74.3 Å². The lowest BCUT2D eigenvalue weighted by molar-refractivity contribution is -0.114. The predicted molar refractivity (Wildman–Crippen MR) is 102 cm³/mol. The molecule has 2 aromatic rings. The number of aromatic nitrogens is 1. The Hall–Kier alpha value is -3.03. The minimum atomic E-state index is -0.907. The molecule has 28 heavy (non-hydrogen) atoms. The van der Waals surface area contributed by atoms with Crippen LogP contribution in [0.3, 0.4) is 0 Å². The van der Waals surface area contributed by atoms with Crippen molar-refractivity contribution in [2.24, 2.45) is 0 Å². The second kappa shape index (κ2) is 8.77. The number of benzene rings is 1. The van der Waals surface area contributed by atoms with Crippen LogP contribution < -0.4 is 10.6 Å². The van der Waals surface area contributed by atoms with Gasteiger partial charge in [-0.3, -0.25) is 9.78 Å². The molecule has 0 bridgehead atoms. The zero-order valence-corrected chi connectivity index (χ0v) is 15.5. The number of urea groups is 1. The molecule has 1 aliphatic rings. The lowest BCUT2D eigenvalue weighted by Gasteiger charge is -2.30. The molecule has 2 heterocycles. The fraction of sp³-hybridized carbons (Fsp3) is 0.350. The second-order valence-electron chi connectivity index (χ2n) is 6.76. The third-order valence-electron chi connectivity index (χ3n) is 4.71. The fourth-order valence-electron chi connectivity index (χ4n) is 3.40. The van der Waals surface area contributed by atoms with Gasteiger partial charge in [0.2, 0.25) is 5.91 Å². The molecular weight excluding hydrogens is 366 g/mol. The number of halogens is 2. The number of rotatable bonds is 3. The van der Waals surface area contributed by atoms with Gasteiger partial charge in [-0.05, 0) is 36.6 Å². The van der Waals surface area contributed by atoms with Gasteiger partial charge in [-0.15, -0.1) is 0 Å². The Morgan fingerprint density at radius 1 is 1.04 bits per heavy atom. The quantitative estimate of drug-likeness (QED) is 0.815. The van der Waals surface area contributed by atoms with Crippen molar-refractivity contribution >= 4 is 23.3 Å². The molecule has 0 radical (unpaired) electrons. The first-order valence-corrected chi connectivity index (χ1v) is 9.20. The zero-order chi connectivity index (χ0) is 20.1. The van der Waals surface area contributed by atoms with Gasteiger partial charge in [0.05, 0.1) is 17.4 Å². The van der Waals surface area contributed by atoms with E-state index < -0.39 is 23.6 Å². The third kappa shape index (κ3) is 4.62. The van der Waals surface area contributed by atoms with Crippen LogP contribution >= 0.6 is 0 Å². The van der Waals surface area contributed by atoms with E-state index in [-0.39, 0.29) is 17.4 Å². The lowest BCUT2D eigenvalue weighted by atomic mass is 10.0. The molecule has 148 valence electrons. The van der Waals surface area contributed by atoms with Crippen molar-refractivity contribution in [2.45, 2.75) is 38.6 Å². The number of hydrogen-bond acceptors (Lipinski definition) is 3. The van der Waals surface area contributed by atoms with E-state index in [2.05, 4.69) is 15.6 Å². The number of nitrogens with one attached hydrogen (secondary N) is 2. The molecule has 0 aliphatic carbocycles. The van der Waals surface area contributed by atoms with E-state index in [9.17, 15) is 18.4 Å². The van der Waals surface area contributed by atoms with Crippen LogP contribution in [0.15, 0.2) is 36.7 Å². The van der Waals surface area contributed by atoms with E-state index in [0.717, 1.165) is 37.3 Å². The first kappa shape index (κ1) is 19.7. The van der Waals surface area contributed by atoms with Gasteiger partial charge >= 0.3 is 6.03 Å². The Labute approximate surface area is 162 Å². The molecule has 3 amide bonds. The average Bonchev–Trinajstić information content (AvgIpc) is 2.92. The van der Waals surface area contributed by atoms with Crippen molar-refractivity contribution in [3.8, 4) is 0 Å². The number of likely N-dealkylation sites (tertiary alicyclic amines) is 1. The smallest absolute Gasteiger partial charge is 0.322 e. The maximum absolute atomic E-state index is 14.2. The summed E-state index contributed by atoms with van der Waals surface area (Å²) in [5, 5.41) is 4.81. The minimum Gasteiger partial charge on any atom is -0.324 e. The molecule has 3 rings (SSSR count). The molecule has 0 spiro atoms. The Morgan fingerprint density at radius 2 is 1.71 bits per heavy atom. The van der Waals surface area contributed by atoms with E-state index in [1.807, 2.05) is 12.1 Å². The Balaban J connectivity index is 1.85. The van der Waals surface area contributed by atoms with Gasteiger partial charge in [-0.2, -0.15) is 0 Å². The minimum absolute atomic E-state index is 0.149. The zero-order valence-electron chi connectivity index (χ0n) is 15.5. The molecular formula is C20H22F2N4O2.